The lowest BCUT2D eigenvalue weighted by molar-refractivity contribution is -0.135. The van der Waals surface area contributed by atoms with E-state index in [1.165, 1.54) is 17.6 Å². The fourth-order valence-electron chi connectivity index (χ4n) is 3.06. The van der Waals surface area contributed by atoms with Gasteiger partial charge in [-0.15, -0.1) is 11.3 Å². The molecule has 0 aliphatic carbocycles. The molecule has 7 heteroatoms. The van der Waals surface area contributed by atoms with Gasteiger partial charge in [0.25, 0.3) is 0 Å². The Morgan fingerprint density at radius 1 is 1.31 bits per heavy atom. The average Bonchev–Trinajstić information content (AvgIpc) is 3.12. The minimum atomic E-state index is -0.735. The van der Waals surface area contributed by atoms with Crippen LogP contribution in [-0.4, -0.2) is 17.0 Å². The van der Waals surface area contributed by atoms with Crippen molar-refractivity contribution in [1.29, 1.82) is 0 Å². The summed E-state index contributed by atoms with van der Waals surface area (Å²) in [5.41, 5.74) is 7.98. The summed E-state index contributed by atoms with van der Waals surface area (Å²) in [5, 5.41) is 2.99. The molecule has 0 saturated carbocycles. The number of aromatic nitrogens is 1. The third-order valence-electron chi connectivity index (χ3n) is 4.69. The van der Waals surface area contributed by atoms with E-state index in [1.807, 2.05) is 12.3 Å². The summed E-state index contributed by atoms with van der Waals surface area (Å²) in [6.07, 6.45) is 6.40. The lowest BCUT2D eigenvalue weighted by Gasteiger charge is -2.13. The first kappa shape index (κ1) is 21.2. The Bertz CT molecular complexity index is 1070. The van der Waals surface area contributed by atoms with Crippen molar-refractivity contribution in [2.75, 3.05) is 0 Å². The van der Waals surface area contributed by atoms with Gasteiger partial charge in [0.15, 0.2) is 0 Å². The average molecular weight is 415 g/mol. The van der Waals surface area contributed by atoms with E-state index in [1.54, 1.807) is 19.1 Å². The molecule has 1 atom stereocenters. The number of hydrogen-bond acceptors (Lipinski definition) is 7. The molecule has 0 amide bonds. The van der Waals surface area contributed by atoms with Crippen LogP contribution in [0.5, 0.6) is 5.75 Å². The Morgan fingerprint density at radius 2 is 2.10 bits per heavy atom. The Morgan fingerprint density at radius 3 is 2.76 bits per heavy atom. The normalized spacial score (nSPS) is 12.3. The van der Waals surface area contributed by atoms with E-state index < -0.39 is 12.0 Å². The second-order valence-corrected chi connectivity index (χ2v) is 8.11. The maximum atomic E-state index is 13.1. The highest BCUT2D eigenvalue weighted by atomic mass is 32.1. The van der Waals surface area contributed by atoms with Crippen LogP contribution >= 0.6 is 11.3 Å². The molecule has 2 heterocycles. The number of benzene rings is 1. The summed E-state index contributed by atoms with van der Waals surface area (Å²) >= 11 is 1.41. The summed E-state index contributed by atoms with van der Waals surface area (Å²) in [6, 6.07) is 2.66. The fraction of sp³-hybridized carbons (Fsp3) is 0.409. The van der Waals surface area contributed by atoms with Crippen LogP contribution in [0.1, 0.15) is 50.8 Å². The highest BCUT2D eigenvalue weighted by Gasteiger charge is 2.18. The van der Waals surface area contributed by atoms with Crippen LogP contribution in [0, 0.1) is 6.92 Å². The number of nitrogens with two attached hydrogens (primary N) is 1. The largest absolute Gasteiger partial charge is 0.463 e. The second-order valence-electron chi connectivity index (χ2n) is 7.25. The Labute approximate surface area is 173 Å². The van der Waals surface area contributed by atoms with Gasteiger partial charge in [0.05, 0.1) is 10.9 Å². The van der Waals surface area contributed by atoms with Crippen molar-refractivity contribution >= 4 is 28.3 Å². The lowest BCUT2D eigenvalue weighted by atomic mass is 10.0. The molecule has 0 fully saturated rings. The number of aryl methyl sites for hydroxylation is 2. The monoisotopic (exact) mass is 414 g/mol. The number of hydrogen-bond donors (Lipinski definition) is 1. The molecule has 154 valence electrons. The second kappa shape index (κ2) is 9.33. The number of ether oxygens (including phenoxy) is 1. The topological polar surface area (TPSA) is 95.4 Å². The van der Waals surface area contributed by atoms with Gasteiger partial charge in [-0.2, -0.15) is 0 Å². The van der Waals surface area contributed by atoms with Gasteiger partial charge in [-0.3, -0.25) is 4.79 Å². The van der Waals surface area contributed by atoms with Crippen molar-refractivity contribution < 1.29 is 13.9 Å². The van der Waals surface area contributed by atoms with E-state index in [0.717, 1.165) is 36.9 Å². The Balaban J connectivity index is 2.05. The molecule has 0 spiro atoms. The standard InChI is InChI=1S/C22H26N2O4S/c1-4-5-6-7-8-15-9-16-19(10-18(15)28-22(26)14(3)23)27-11-17(20(16)25)21-24-13(2)12-29-21/h9-12,14H,4-8,23H2,1-3H3. The number of rotatable bonds is 8. The molecule has 3 rings (SSSR count). The van der Waals surface area contributed by atoms with E-state index in [4.69, 9.17) is 14.9 Å². The fourth-order valence-corrected chi connectivity index (χ4v) is 3.86. The number of nitrogens with zero attached hydrogens (tertiary/aromatic N) is 1. The molecule has 0 bridgehead atoms. The number of carbonyl (C=O) groups excluding carboxylic acids is 1. The predicted octanol–water partition coefficient (Wildman–Crippen LogP) is 4.60. The highest BCUT2D eigenvalue weighted by molar-refractivity contribution is 7.13. The van der Waals surface area contributed by atoms with Gasteiger partial charge < -0.3 is 14.9 Å². The van der Waals surface area contributed by atoms with E-state index in [9.17, 15) is 9.59 Å². The van der Waals surface area contributed by atoms with Gasteiger partial charge in [-0.25, -0.2) is 9.78 Å². The minimum Gasteiger partial charge on any atom is -0.463 e. The Hall–Kier alpha value is -2.51. The predicted molar refractivity (Wildman–Crippen MR) is 115 cm³/mol. The first-order chi connectivity index (χ1) is 13.9. The number of carbonyl (C=O) groups is 1. The number of thiazole rings is 1. The molecular formula is C22H26N2O4S. The third-order valence-corrected chi connectivity index (χ3v) is 5.68. The molecule has 0 aliphatic heterocycles. The number of esters is 1. The number of unbranched alkanes of at least 4 members (excludes halogenated alkanes) is 3. The molecule has 1 unspecified atom stereocenters. The first-order valence-electron chi connectivity index (χ1n) is 9.89. The molecule has 0 saturated heterocycles. The van der Waals surface area contributed by atoms with Crippen LogP contribution in [0.4, 0.5) is 0 Å². The van der Waals surface area contributed by atoms with Crippen LogP contribution in [0.3, 0.4) is 0 Å². The van der Waals surface area contributed by atoms with Gasteiger partial charge in [0, 0.05) is 17.1 Å². The maximum absolute atomic E-state index is 13.1. The van der Waals surface area contributed by atoms with Crippen molar-refractivity contribution in [3.63, 3.8) is 0 Å². The molecule has 2 N–H and O–H groups in total. The van der Waals surface area contributed by atoms with Gasteiger partial charge in [-0.05, 0) is 38.3 Å². The van der Waals surface area contributed by atoms with E-state index in [0.29, 0.717) is 33.7 Å². The quantitative estimate of drug-likeness (QED) is 0.329. The summed E-state index contributed by atoms with van der Waals surface area (Å²) < 4.78 is 11.2. The van der Waals surface area contributed by atoms with Crippen molar-refractivity contribution in [2.45, 2.75) is 58.9 Å². The van der Waals surface area contributed by atoms with Crippen molar-refractivity contribution in [1.82, 2.24) is 4.98 Å². The molecule has 0 aliphatic rings. The van der Waals surface area contributed by atoms with Crippen LogP contribution in [0.25, 0.3) is 21.5 Å². The summed E-state index contributed by atoms with van der Waals surface area (Å²) in [5.74, 6) is -0.117. The van der Waals surface area contributed by atoms with Crippen LogP contribution in [-0.2, 0) is 11.2 Å². The summed E-state index contributed by atoms with van der Waals surface area (Å²) in [4.78, 5) is 29.5. The third kappa shape index (κ3) is 4.92. The van der Waals surface area contributed by atoms with Crippen molar-refractivity contribution in [3.05, 3.63) is 45.3 Å². The van der Waals surface area contributed by atoms with Crippen molar-refractivity contribution in [2.24, 2.45) is 5.73 Å². The van der Waals surface area contributed by atoms with Crippen LogP contribution in [0.2, 0.25) is 0 Å². The van der Waals surface area contributed by atoms with Crippen LogP contribution < -0.4 is 15.9 Å². The maximum Gasteiger partial charge on any atom is 0.328 e. The van der Waals surface area contributed by atoms with Gasteiger partial charge in [-0.1, -0.05) is 26.2 Å². The first-order valence-corrected chi connectivity index (χ1v) is 10.8. The molecule has 1 aromatic carbocycles. The molecular weight excluding hydrogens is 388 g/mol. The van der Waals surface area contributed by atoms with E-state index in [2.05, 4.69) is 11.9 Å². The van der Waals surface area contributed by atoms with E-state index in [-0.39, 0.29) is 5.43 Å². The van der Waals surface area contributed by atoms with Crippen molar-refractivity contribution in [3.8, 4) is 16.3 Å². The zero-order valence-electron chi connectivity index (χ0n) is 17.0. The molecule has 6 nitrogen and oxygen atoms in total. The molecule has 3 aromatic rings. The van der Waals surface area contributed by atoms with Gasteiger partial charge in [0.1, 0.15) is 28.6 Å². The summed E-state index contributed by atoms with van der Waals surface area (Å²) in [7, 11) is 0. The Kier molecular flexibility index (Phi) is 6.82. The zero-order chi connectivity index (χ0) is 21.0. The SMILES string of the molecule is CCCCCCc1cc2c(=O)c(-c3nc(C)cs3)coc2cc1OC(=O)C(C)N. The molecule has 0 radical (unpaired) electrons. The van der Waals surface area contributed by atoms with E-state index >= 15 is 0 Å². The smallest absolute Gasteiger partial charge is 0.328 e. The minimum absolute atomic E-state index is 0.138. The van der Waals surface area contributed by atoms with Gasteiger partial charge in [0.2, 0.25) is 5.43 Å². The summed E-state index contributed by atoms with van der Waals surface area (Å²) in [6.45, 7) is 5.61. The molecule has 2 aromatic heterocycles. The van der Waals surface area contributed by atoms with Crippen LogP contribution in [0.15, 0.2) is 33.0 Å². The van der Waals surface area contributed by atoms with Gasteiger partial charge >= 0.3 is 5.97 Å². The number of fused-ring (bicyclic) bond motifs is 1. The zero-order valence-corrected chi connectivity index (χ0v) is 17.8. The molecule has 29 heavy (non-hydrogen) atoms. The lowest BCUT2D eigenvalue weighted by Crippen LogP contribution is -2.31. The highest BCUT2D eigenvalue weighted by Crippen LogP contribution is 2.29.